The summed E-state index contributed by atoms with van der Waals surface area (Å²) in [6.45, 7) is 3.88. The van der Waals surface area contributed by atoms with E-state index in [1.54, 1.807) is 22.8 Å². The summed E-state index contributed by atoms with van der Waals surface area (Å²) in [5.74, 6) is 0.112. The number of anilines is 2. The molecule has 11 heteroatoms. The summed E-state index contributed by atoms with van der Waals surface area (Å²) >= 11 is 15.8. The molecule has 0 aliphatic carbocycles. The SMILES string of the molecule is CC(C)(Cc1ccc(Br)cc1)n1c(S(=O)(=O)NCc2ccccc2)cnc1N(C=O)c1cc(Cl)cc(Cl)c1. The molecule has 198 valence electrons. The largest absolute Gasteiger partial charge is 0.293 e. The van der Waals surface area contributed by atoms with Crippen molar-refractivity contribution in [2.24, 2.45) is 0 Å². The zero-order valence-corrected chi connectivity index (χ0v) is 24.5. The molecule has 4 aromatic rings. The number of rotatable bonds is 10. The summed E-state index contributed by atoms with van der Waals surface area (Å²) in [5.41, 5.74) is 1.30. The highest BCUT2D eigenvalue weighted by atomic mass is 79.9. The highest BCUT2D eigenvalue weighted by Crippen LogP contribution is 2.35. The number of nitrogens with one attached hydrogen (secondary N) is 1. The van der Waals surface area contributed by atoms with Gasteiger partial charge >= 0.3 is 0 Å². The Morgan fingerprint density at radius 1 is 1.00 bits per heavy atom. The van der Waals surface area contributed by atoms with Crippen molar-refractivity contribution in [3.63, 3.8) is 0 Å². The average Bonchev–Trinajstić information content (AvgIpc) is 3.32. The normalized spacial score (nSPS) is 11.9. The quantitative estimate of drug-likeness (QED) is 0.197. The second kappa shape index (κ2) is 11.6. The van der Waals surface area contributed by atoms with E-state index in [9.17, 15) is 13.2 Å². The number of carbonyl (C=O) groups is 1. The first-order valence-corrected chi connectivity index (χ1v) is 14.6. The summed E-state index contributed by atoms with van der Waals surface area (Å²) in [4.78, 5) is 18.0. The first-order chi connectivity index (χ1) is 18.0. The number of carbonyl (C=O) groups excluding carboxylic acids is 1. The van der Waals surface area contributed by atoms with Crippen molar-refractivity contribution in [2.75, 3.05) is 4.90 Å². The fraction of sp³-hybridized carbons (Fsp3) is 0.185. The second-order valence-corrected chi connectivity index (χ2v) is 12.8. The minimum absolute atomic E-state index is 0.0782. The van der Waals surface area contributed by atoms with Crippen molar-refractivity contribution in [2.45, 2.75) is 37.4 Å². The zero-order valence-electron chi connectivity index (χ0n) is 20.6. The van der Waals surface area contributed by atoms with Gasteiger partial charge in [0.05, 0.1) is 11.9 Å². The van der Waals surface area contributed by atoms with Crippen molar-refractivity contribution in [1.82, 2.24) is 14.3 Å². The maximum atomic E-state index is 13.6. The van der Waals surface area contributed by atoms with Crippen LogP contribution in [0, 0.1) is 0 Å². The Hall–Kier alpha value is -2.69. The lowest BCUT2D eigenvalue weighted by Crippen LogP contribution is -2.36. The van der Waals surface area contributed by atoms with Gasteiger partial charge in [-0.25, -0.2) is 18.1 Å². The van der Waals surface area contributed by atoms with Crippen LogP contribution in [0.4, 0.5) is 11.6 Å². The van der Waals surface area contributed by atoms with Gasteiger partial charge in [0.1, 0.15) is 0 Å². The van der Waals surface area contributed by atoms with Crippen molar-refractivity contribution < 1.29 is 13.2 Å². The molecule has 0 unspecified atom stereocenters. The van der Waals surface area contributed by atoms with E-state index in [0.29, 0.717) is 28.6 Å². The Morgan fingerprint density at radius 2 is 1.63 bits per heavy atom. The lowest BCUT2D eigenvalue weighted by molar-refractivity contribution is -0.106. The number of hydrogen-bond donors (Lipinski definition) is 1. The van der Waals surface area contributed by atoms with Crippen LogP contribution in [0.15, 0.2) is 88.5 Å². The predicted octanol–water partition coefficient (Wildman–Crippen LogP) is 6.70. The summed E-state index contributed by atoms with van der Waals surface area (Å²) in [7, 11) is -4.04. The number of imidazole rings is 1. The third kappa shape index (κ3) is 6.47. The molecule has 1 heterocycles. The number of aromatic nitrogens is 2. The van der Waals surface area contributed by atoms with Gasteiger partial charge in [-0.05, 0) is 61.7 Å². The number of sulfonamides is 1. The van der Waals surface area contributed by atoms with Crippen molar-refractivity contribution in [3.05, 3.63) is 105 Å². The summed E-state index contributed by atoms with van der Waals surface area (Å²) < 4.78 is 32.4. The minimum Gasteiger partial charge on any atom is -0.293 e. The van der Waals surface area contributed by atoms with Crippen LogP contribution >= 0.6 is 39.1 Å². The Morgan fingerprint density at radius 3 is 2.24 bits per heavy atom. The van der Waals surface area contributed by atoms with Gasteiger partial charge in [0.15, 0.2) is 5.03 Å². The highest BCUT2D eigenvalue weighted by Gasteiger charge is 2.34. The molecule has 0 atom stereocenters. The predicted molar refractivity (Wildman–Crippen MR) is 155 cm³/mol. The molecule has 0 radical (unpaired) electrons. The van der Waals surface area contributed by atoms with E-state index in [4.69, 9.17) is 23.2 Å². The lowest BCUT2D eigenvalue weighted by Gasteiger charge is -2.32. The molecule has 0 saturated heterocycles. The van der Waals surface area contributed by atoms with Gasteiger partial charge in [0.25, 0.3) is 10.0 Å². The van der Waals surface area contributed by atoms with Crippen molar-refractivity contribution in [1.29, 1.82) is 0 Å². The van der Waals surface area contributed by atoms with E-state index in [1.807, 2.05) is 68.4 Å². The van der Waals surface area contributed by atoms with Gasteiger partial charge in [-0.3, -0.25) is 14.3 Å². The fourth-order valence-electron chi connectivity index (χ4n) is 4.19. The topological polar surface area (TPSA) is 84.3 Å². The molecule has 0 bridgehead atoms. The first-order valence-electron chi connectivity index (χ1n) is 11.6. The molecule has 38 heavy (non-hydrogen) atoms. The third-order valence-electron chi connectivity index (χ3n) is 5.90. The molecule has 7 nitrogen and oxygen atoms in total. The number of hydrogen-bond acceptors (Lipinski definition) is 4. The van der Waals surface area contributed by atoms with E-state index < -0.39 is 15.6 Å². The smallest absolute Gasteiger partial charge is 0.258 e. The van der Waals surface area contributed by atoms with E-state index in [2.05, 4.69) is 25.6 Å². The third-order valence-corrected chi connectivity index (χ3v) is 8.23. The maximum Gasteiger partial charge on any atom is 0.258 e. The monoisotopic (exact) mass is 634 g/mol. The number of benzene rings is 3. The molecule has 0 fully saturated rings. The molecular weight excluding hydrogens is 611 g/mol. The van der Waals surface area contributed by atoms with Gasteiger partial charge in [-0.15, -0.1) is 0 Å². The Balaban J connectivity index is 1.83. The molecule has 1 amide bonds. The van der Waals surface area contributed by atoms with Crippen molar-refractivity contribution in [3.8, 4) is 0 Å². The fourth-order valence-corrected chi connectivity index (χ4v) is 6.23. The molecule has 1 N–H and O–H groups in total. The summed E-state index contributed by atoms with van der Waals surface area (Å²) in [5, 5.41) is 0.568. The average molecular weight is 636 g/mol. The van der Waals surface area contributed by atoms with Crippen LogP contribution in [0.25, 0.3) is 0 Å². The number of halogens is 3. The van der Waals surface area contributed by atoms with E-state index in [0.717, 1.165) is 15.6 Å². The van der Waals surface area contributed by atoms with Gasteiger partial charge in [-0.2, -0.15) is 0 Å². The van der Waals surface area contributed by atoms with Gasteiger partial charge in [-0.1, -0.05) is 81.6 Å². The van der Waals surface area contributed by atoms with E-state index >= 15 is 0 Å². The van der Waals surface area contributed by atoms with E-state index in [1.165, 1.54) is 11.1 Å². The minimum atomic E-state index is -4.04. The number of nitrogens with zero attached hydrogens (tertiary/aromatic N) is 3. The molecule has 0 saturated carbocycles. The second-order valence-electron chi connectivity index (χ2n) is 9.26. The van der Waals surface area contributed by atoms with Gasteiger partial charge in [0.2, 0.25) is 12.4 Å². The van der Waals surface area contributed by atoms with Crippen LogP contribution in [0.5, 0.6) is 0 Å². The highest BCUT2D eigenvalue weighted by molar-refractivity contribution is 9.10. The van der Waals surface area contributed by atoms with E-state index in [-0.39, 0.29) is 17.5 Å². The number of amides is 1. The zero-order chi connectivity index (χ0) is 27.5. The van der Waals surface area contributed by atoms with Crippen LogP contribution in [0.1, 0.15) is 25.0 Å². The Labute approximate surface area is 240 Å². The molecule has 3 aromatic carbocycles. The van der Waals surface area contributed by atoms with Crippen molar-refractivity contribution >= 4 is 67.2 Å². The maximum absolute atomic E-state index is 13.6. The lowest BCUT2D eigenvalue weighted by atomic mass is 9.94. The van der Waals surface area contributed by atoms with Crippen LogP contribution < -0.4 is 9.62 Å². The van der Waals surface area contributed by atoms with Crippen LogP contribution in [0.3, 0.4) is 0 Å². The summed E-state index contributed by atoms with van der Waals surface area (Å²) in [6, 6.07) is 21.6. The van der Waals surface area contributed by atoms with Crippen LogP contribution in [-0.4, -0.2) is 24.4 Å². The molecule has 4 rings (SSSR count). The standard InChI is InChI=1S/C27H25BrCl2N4O3S/c1-27(2,15-19-8-10-21(28)11-9-19)34-25(38(36,37)32-16-20-6-4-3-5-7-20)17-31-26(34)33(18-35)24-13-22(29)12-23(30)14-24/h3-14,17-18,32H,15-16H2,1-2H3. The Kier molecular flexibility index (Phi) is 8.64. The summed E-state index contributed by atoms with van der Waals surface area (Å²) in [6.07, 6.45) is 2.27. The Bertz CT molecular complexity index is 1520. The molecule has 0 aliphatic heterocycles. The molecule has 0 spiro atoms. The molecule has 1 aromatic heterocycles. The molecule has 0 aliphatic rings. The van der Waals surface area contributed by atoms with Gasteiger partial charge < -0.3 is 0 Å². The van der Waals surface area contributed by atoms with Gasteiger partial charge in [0, 0.05) is 26.6 Å². The first kappa shape index (κ1) is 28.3. The van der Waals surface area contributed by atoms with Crippen LogP contribution in [-0.2, 0) is 33.3 Å². The molecular formula is C27H25BrCl2N4O3S. The van der Waals surface area contributed by atoms with Crippen LogP contribution in [0.2, 0.25) is 10.0 Å².